The van der Waals surface area contributed by atoms with Crippen LogP contribution in [0.25, 0.3) is 0 Å². The van der Waals surface area contributed by atoms with Crippen LogP contribution in [-0.4, -0.2) is 25.8 Å². The third-order valence-corrected chi connectivity index (χ3v) is 3.50. The zero-order valence-electron chi connectivity index (χ0n) is 8.04. The van der Waals surface area contributed by atoms with Crippen molar-refractivity contribution in [3.05, 3.63) is 32.9 Å². The van der Waals surface area contributed by atoms with Crippen LogP contribution in [0.15, 0.2) is 27.4 Å². The minimum absolute atomic E-state index is 0.0916. The molecule has 6 nitrogen and oxygen atoms in total. The van der Waals surface area contributed by atoms with E-state index in [1.165, 1.54) is 0 Å². The number of thiophene rings is 1. The Balaban J connectivity index is 2.14. The molecule has 84 valence electrons. The molecule has 0 amide bonds. The molecule has 8 heteroatoms. The zero-order valence-corrected chi connectivity index (χ0v) is 10.4. The molecular formula is C8H8BrN5OS. The molecule has 2 aromatic rings. The minimum Gasteiger partial charge on any atom is -0.409 e. The highest BCUT2D eigenvalue weighted by Crippen LogP contribution is 2.20. The molecule has 0 saturated heterocycles. The van der Waals surface area contributed by atoms with Crippen LogP contribution in [0.5, 0.6) is 0 Å². The molecule has 2 aromatic heterocycles. The molecule has 0 fully saturated rings. The van der Waals surface area contributed by atoms with Crippen molar-refractivity contribution in [2.45, 2.75) is 6.54 Å². The standard InChI is InChI=1S/C8H8BrN5OS/c9-5-1-6(16-3-5)2-14-4-11-8(12-14)7(10)13-15/h1,3-4,15H,2H2,(H2,10,13). The van der Waals surface area contributed by atoms with Gasteiger partial charge < -0.3 is 10.9 Å². The Morgan fingerprint density at radius 2 is 2.50 bits per heavy atom. The number of rotatable bonds is 3. The second-order valence-corrected chi connectivity index (χ2v) is 4.89. The Bertz CT molecular complexity index is 520. The molecule has 0 aliphatic carbocycles. The van der Waals surface area contributed by atoms with Gasteiger partial charge in [-0.1, -0.05) is 5.16 Å². The number of nitrogens with two attached hydrogens (primary N) is 1. The van der Waals surface area contributed by atoms with Crippen LogP contribution in [0.3, 0.4) is 0 Å². The number of amidine groups is 1. The molecule has 16 heavy (non-hydrogen) atoms. The summed E-state index contributed by atoms with van der Waals surface area (Å²) in [6.07, 6.45) is 1.54. The monoisotopic (exact) mass is 301 g/mol. The van der Waals surface area contributed by atoms with Crippen molar-refractivity contribution in [3.63, 3.8) is 0 Å². The quantitative estimate of drug-likeness (QED) is 0.386. The lowest BCUT2D eigenvalue weighted by molar-refractivity contribution is 0.318. The predicted molar refractivity (Wildman–Crippen MR) is 63.7 cm³/mol. The average molecular weight is 302 g/mol. The summed E-state index contributed by atoms with van der Waals surface area (Å²) < 4.78 is 2.68. The van der Waals surface area contributed by atoms with Crippen molar-refractivity contribution in [1.29, 1.82) is 0 Å². The average Bonchev–Trinajstić information content (AvgIpc) is 2.87. The highest BCUT2D eigenvalue weighted by Gasteiger charge is 2.06. The lowest BCUT2D eigenvalue weighted by atomic mass is 10.5. The van der Waals surface area contributed by atoms with Crippen molar-refractivity contribution in [1.82, 2.24) is 14.8 Å². The second-order valence-electron chi connectivity index (χ2n) is 2.98. The number of hydrogen-bond donors (Lipinski definition) is 2. The van der Waals surface area contributed by atoms with Crippen LogP contribution in [-0.2, 0) is 6.54 Å². The Kier molecular flexibility index (Phi) is 3.20. The maximum absolute atomic E-state index is 8.46. The van der Waals surface area contributed by atoms with Gasteiger partial charge in [-0.2, -0.15) is 0 Å². The molecule has 0 saturated carbocycles. The first-order valence-electron chi connectivity index (χ1n) is 4.29. The molecule has 0 bridgehead atoms. The van der Waals surface area contributed by atoms with Gasteiger partial charge in [-0.3, -0.25) is 0 Å². The molecular weight excluding hydrogens is 294 g/mol. The van der Waals surface area contributed by atoms with Crippen molar-refractivity contribution >= 4 is 33.1 Å². The first-order valence-corrected chi connectivity index (χ1v) is 5.96. The first kappa shape index (κ1) is 11.1. The Hall–Kier alpha value is -1.41. The highest BCUT2D eigenvalue weighted by molar-refractivity contribution is 9.10. The fraction of sp³-hybridized carbons (Fsp3) is 0.125. The summed E-state index contributed by atoms with van der Waals surface area (Å²) in [5.74, 6) is 0.129. The largest absolute Gasteiger partial charge is 0.409 e. The third-order valence-electron chi connectivity index (χ3n) is 1.81. The summed E-state index contributed by atoms with van der Waals surface area (Å²) in [6.45, 7) is 0.613. The molecule has 0 spiro atoms. The van der Waals surface area contributed by atoms with Gasteiger partial charge in [-0.15, -0.1) is 16.4 Å². The van der Waals surface area contributed by atoms with E-state index < -0.39 is 0 Å². The van der Waals surface area contributed by atoms with Crippen molar-refractivity contribution in [3.8, 4) is 0 Å². The van der Waals surface area contributed by atoms with E-state index >= 15 is 0 Å². The minimum atomic E-state index is -0.0916. The van der Waals surface area contributed by atoms with Gasteiger partial charge in [0.15, 0.2) is 0 Å². The van der Waals surface area contributed by atoms with Gasteiger partial charge in [0.05, 0.1) is 6.54 Å². The first-order chi connectivity index (χ1) is 7.69. The summed E-state index contributed by atoms with van der Waals surface area (Å²) >= 11 is 5.00. The second kappa shape index (κ2) is 4.62. The Morgan fingerprint density at radius 3 is 3.12 bits per heavy atom. The molecule has 2 rings (SSSR count). The SMILES string of the molecule is NC(=NO)c1ncn(Cc2cc(Br)cs2)n1. The number of nitrogens with zero attached hydrogens (tertiary/aromatic N) is 4. The van der Waals surface area contributed by atoms with E-state index in [-0.39, 0.29) is 11.7 Å². The highest BCUT2D eigenvalue weighted by atomic mass is 79.9. The Labute approximate surface area is 104 Å². The number of oxime groups is 1. The number of hydrogen-bond acceptors (Lipinski definition) is 5. The third kappa shape index (κ3) is 2.39. The molecule has 2 heterocycles. The zero-order chi connectivity index (χ0) is 11.5. The molecule has 0 radical (unpaired) electrons. The van der Waals surface area contributed by atoms with Gasteiger partial charge in [0.25, 0.3) is 0 Å². The molecule has 0 atom stereocenters. The van der Waals surface area contributed by atoms with E-state index in [1.54, 1.807) is 22.3 Å². The van der Waals surface area contributed by atoms with Crippen LogP contribution in [0.2, 0.25) is 0 Å². The van der Waals surface area contributed by atoms with E-state index in [2.05, 4.69) is 31.2 Å². The lowest BCUT2D eigenvalue weighted by Gasteiger charge is -1.95. The van der Waals surface area contributed by atoms with Crippen LogP contribution < -0.4 is 5.73 Å². The fourth-order valence-electron chi connectivity index (χ4n) is 1.13. The topological polar surface area (TPSA) is 89.3 Å². The molecule has 0 aromatic carbocycles. The van der Waals surface area contributed by atoms with Crippen LogP contribution in [0, 0.1) is 0 Å². The number of halogens is 1. The Morgan fingerprint density at radius 1 is 1.69 bits per heavy atom. The van der Waals surface area contributed by atoms with Crippen LogP contribution >= 0.6 is 27.3 Å². The molecule has 0 aliphatic rings. The van der Waals surface area contributed by atoms with E-state index in [0.29, 0.717) is 6.54 Å². The fourth-order valence-corrected chi connectivity index (χ4v) is 2.57. The maximum atomic E-state index is 8.46. The van der Waals surface area contributed by atoms with Crippen molar-refractivity contribution in [2.24, 2.45) is 10.9 Å². The van der Waals surface area contributed by atoms with Crippen LogP contribution in [0.1, 0.15) is 10.7 Å². The normalized spacial score (nSPS) is 11.9. The van der Waals surface area contributed by atoms with E-state index in [4.69, 9.17) is 10.9 Å². The van der Waals surface area contributed by atoms with Gasteiger partial charge >= 0.3 is 0 Å². The van der Waals surface area contributed by atoms with E-state index in [0.717, 1.165) is 9.35 Å². The number of aromatic nitrogens is 3. The molecule has 0 unspecified atom stereocenters. The smallest absolute Gasteiger partial charge is 0.219 e. The predicted octanol–water partition coefficient (Wildman–Crippen LogP) is 1.24. The summed E-state index contributed by atoms with van der Waals surface area (Å²) in [7, 11) is 0. The van der Waals surface area contributed by atoms with Gasteiger partial charge in [0, 0.05) is 14.7 Å². The summed E-state index contributed by atoms with van der Waals surface area (Å²) in [4.78, 5) is 5.06. The van der Waals surface area contributed by atoms with E-state index in [1.807, 2.05) is 11.4 Å². The summed E-state index contributed by atoms with van der Waals surface area (Å²) in [6, 6.07) is 2.01. The maximum Gasteiger partial charge on any atom is 0.219 e. The molecule has 3 N–H and O–H groups in total. The van der Waals surface area contributed by atoms with Crippen molar-refractivity contribution in [2.75, 3.05) is 0 Å². The van der Waals surface area contributed by atoms with Crippen LogP contribution in [0.4, 0.5) is 0 Å². The molecule has 0 aliphatic heterocycles. The van der Waals surface area contributed by atoms with Gasteiger partial charge in [-0.25, -0.2) is 9.67 Å². The van der Waals surface area contributed by atoms with Gasteiger partial charge in [0.1, 0.15) is 6.33 Å². The lowest BCUT2D eigenvalue weighted by Crippen LogP contribution is -2.15. The summed E-state index contributed by atoms with van der Waals surface area (Å²) in [5, 5.41) is 17.4. The van der Waals surface area contributed by atoms with E-state index in [9.17, 15) is 0 Å². The summed E-state index contributed by atoms with van der Waals surface area (Å²) in [5.41, 5.74) is 5.36. The van der Waals surface area contributed by atoms with Gasteiger partial charge in [-0.05, 0) is 22.0 Å². The van der Waals surface area contributed by atoms with Gasteiger partial charge in [0.2, 0.25) is 11.7 Å². The van der Waals surface area contributed by atoms with Crippen molar-refractivity contribution < 1.29 is 5.21 Å².